The molecule has 0 saturated carbocycles. The lowest BCUT2D eigenvalue weighted by Gasteiger charge is -2.30. The minimum absolute atomic E-state index is 0.0158. The first-order valence-electron chi connectivity index (χ1n) is 7.45. The van der Waals surface area contributed by atoms with Gasteiger partial charge in [-0.05, 0) is 36.2 Å². The summed E-state index contributed by atoms with van der Waals surface area (Å²) in [5.41, 5.74) is 2.11. The van der Waals surface area contributed by atoms with Crippen LogP contribution in [0.15, 0.2) is 36.4 Å². The van der Waals surface area contributed by atoms with Crippen LogP contribution in [0.5, 0.6) is 0 Å². The van der Waals surface area contributed by atoms with Crippen LogP contribution in [0, 0.1) is 5.82 Å². The van der Waals surface area contributed by atoms with E-state index in [0.717, 1.165) is 5.56 Å². The lowest BCUT2D eigenvalue weighted by molar-refractivity contribution is -0.119. The number of hydrogen-bond donors (Lipinski definition) is 0. The molecule has 4 nitrogen and oxygen atoms in total. The third-order valence-corrected chi connectivity index (χ3v) is 4.44. The number of amides is 1. The Bertz CT molecular complexity index is 802. The molecule has 1 aliphatic heterocycles. The van der Waals surface area contributed by atoms with E-state index in [9.17, 15) is 14.0 Å². The molecule has 2 aromatic carbocycles. The van der Waals surface area contributed by atoms with Crippen molar-refractivity contribution in [2.75, 3.05) is 12.0 Å². The summed E-state index contributed by atoms with van der Waals surface area (Å²) in [6, 6.07) is 9.47. The Morgan fingerprint density at radius 3 is 2.79 bits per heavy atom. The third-order valence-electron chi connectivity index (χ3n) is 4.08. The maximum atomic E-state index is 14.1. The van der Waals surface area contributed by atoms with Crippen molar-refractivity contribution in [3.05, 3.63) is 63.9 Å². The van der Waals surface area contributed by atoms with Crippen molar-refractivity contribution < 1.29 is 18.7 Å². The van der Waals surface area contributed by atoms with Crippen LogP contribution in [0.1, 0.15) is 27.9 Å². The van der Waals surface area contributed by atoms with Gasteiger partial charge in [0.05, 0.1) is 19.2 Å². The van der Waals surface area contributed by atoms with E-state index in [4.69, 9.17) is 16.3 Å². The zero-order valence-corrected chi connectivity index (χ0v) is 13.8. The molecular formula is C18H15ClFNO3. The molecule has 0 aliphatic carbocycles. The molecule has 0 fully saturated rings. The first kappa shape index (κ1) is 16.5. The van der Waals surface area contributed by atoms with Crippen molar-refractivity contribution in [2.24, 2.45) is 0 Å². The van der Waals surface area contributed by atoms with Crippen molar-refractivity contribution in [1.82, 2.24) is 0 Å². The third kappa shape index (κ3) is 2.99. The maximum Gasteiger partial charge on any atom is 0.337 e. The Morgan fingerprint density at radius 2 is 2.08 bits per heavy atom. The topological polar surface area (TPSA) is 46.6 Å². The van der Waals surface area contributed by atoms with Gasteiger partial charge in [-0.1, -0.05) is 23.7 Å². The largest absolute Gasteiger partial charge is 0.465 e. The van der Waals surface area contributed by atoms with Crippen molar-refractivity contribution in [3.8, 4) is 0 Å². The number of carbonyl (C=O) groups is 2. The molecule has 0 N–H and O–H groups in total. The monoisotopic (exact) mass is 347 g/mol. The van der Waals surface area contributed by atoms with E-state index in [0.29, 0.717) is 24.1 Å². The Morgan fingerprint density at radius 1 is 1.29 bits per heavy atom. The van der Waals surface area contributed by atoms with E-state index >= 15 is 0 Å². The normalized spacial score (nSPS) is 13.6. The SMILES string of the molecule is COC(=O)c1ccc2c(c1)N(Cc1c(F)cccc1Cl)C(=O)CC2. The number of hydrogen-bond acceptors (Lipinski definition) is 3. The fourth-order valence-corrected chi connectivity index (χ4v) is 3.02. The summed E-state index contributed by atoms with van der Waals surface area (Å²) >= 11 is 6.08. The second-order valence-electron chi connectivity index (χ2n) is 5.52. The Hall–Kier alpha value is -2.40. The average Bonchev–Trinajstić information content (AvgIpc) is 2.58. The second kappa shape index (κ2) is 6.61. The number of nitrogens with zero attached hydrogens (tertiary/aromatic N) is 1. The molecule has 1 aliphatic rings. The molecule has 0 saturated heterocycles. The molecule has 0 bridgehead atoms. The molecule has 0 spiro atoms. The van der Waals surface area contributed by atoms with Crippen molar-refractivity contribution in [2.45, 2.75) is 19.4 Å². The van der Waals surface area contributed by atoms with E-state index in [1.54, 1.807) is 24.3 Å². The van der Waals surface area contributed by atoms with Crippen LogP contribution in [0.2, 0.25) is 5.02 Å². The molecule has 0 unspecified atom stereocenters. The van der Waals surface area contributed by atoms with Crippen LogP contribution in [0.4, 0.5) is 10.1 Å². The molecule has 6 heteroatoms. The van der Waals surface area contributed by atoms with Crippen molar-refractivity contribution in [1.29, 1.82) is 0 Å². The summed E-state index contributed by atoms with van der Waals surface area (Å²) in [6.45, 7) is 0.0158. The fourth-order valence-electron chi connectivity index (χ4n) is 2.80. The molecule has 2 aromatic rings. The van der Waals surface area contributed by atoms with Gasteiger partial charge in [-0.2, -0.15) is 0 Å². The quantitative estimate of drug-likeness (QED) is 0.794. The number of ether oxygens (including phenoxy) is 1. The van der Waals surface area contributed by atoms with Crippen molar-refractivity contribution in [3.63, 3.8) is 0 Å². The number of fused-ring (bicyclic) bond motifs is 1. The molecule has 124 valence electrons. The minimum atomic E-state index is -0.486. The predicted molar refractivity (Wildman–Crippen MR) is 88.7 cm³/mol. The number of aryl methyl sites for hydroxylation is 1. The summed E-state index contributed by atoms with van der Waals surface area (Å²) in [7, 11) is 1.30. The van der Waals surface area contributed by atoms with Gasteiger partial charge in [-0.3, -0.25) is 4.79 Å². The summed E-state index contributed by atoms with van der Waals surface area (Å²) in [6.07, 6.45) is 0.910. The zero-order valence-electron chi connectivity index (χ0n) is 13.0. The van der Waals surface area contributed by atoms with Crippen molar-refractivity contribution >= 4 is 29.2 Å². The highest BCUT2D eigenvalue weighted by molar-refractivity contribution is 6.31. The van der Waals surface area contributed by atoms with Crippen LogP contribution in [0.3, 0.4) is 0 Å². The van der Waals surface area contributed by atoms with E-state index in [1.807, 2.05) is 0 Å². The van der Waals surface area contributed by atoms with Crippen LogP contribution >= 0.6 is 11.6 Å². The first-order valence-corrected chi connectivity index (χ1v) is 7.83. The lowest BCUT2D eigenvalue weighted by Crippen LogP contribution is -2.35. The summed E-state index contributed by atoms with van der Waals surface area (Å²) in [4.78, 5) is 25.6. The highest BCUT2D eigenvalue weighted by Gasteiger charge is 2.27. The fraction of sp³-hybridized carbons (Fsp3) is 0.222. The molecule has 1 heterocycles. The Balaban J connectivity index is 2.03. The van der Waals surface area contributed by atoms with E-state index in [2.05, 4.69) is 0 Å². The number of anilines is 1. The zero-order chi connectivity index (χ0) is 17.3. The molecule has 1 amide bonds. The van der Waals surface area contributed by atoms with Crippen LogP contribution in [-0.4, -0.2) is 19.0 Å². The molecule has 24 heavy (non-hydrogen) atoms. The van der Waals surface area contributed by atoms with E-state index in [1.165, 1.54) is 24.1 Å². The Kier molecular flexibility index (Phi) is 4.53. The van der Waals surface area contributed by atoms with Gasteiger partial charge in [0.25, 0.3) is 0 Å². The van der Waals surface area contributed by atoms with Gasteiger partial charge in [0.1, 0.15) is 5.82 Å². The van der Waals surface area contributed by atoms with Crippen LogP contribution in [-0.2, 0) is 22.5 Å². The van der Waals surface area contributed by atoms with Gasteiger partial charge in [0, 0.05) is 22.7 Å². The highest BCUT2D eigenvalue weighted by Crippen LogP contribution is 2.32. The van der Waals surface area contributed by atoms with Gasteiger partial charge in [-0.15, -0.1) is 0 Å². The summed E-state index contributed by atoms with van der Waals surface area (Å²) in [5, 5.41) is 0.263. The number of carbonyl (C=O) groups excluding carboxylic acids is 2. The number of rotatable bonds is 3. The first-order chi connectivity index (χ1) is 11.5. The molecule has 0 aromatic heterocycles. The number of methoxy groups -OCH3 is 1. The Labute approximate surface area is 143 Å². The van der Waals surface area contributed by atoms with Gasteiger partial charge in [0.15, 0.2) is 0 Å². The molecule has 3 rings (SSSR count). The van der Waals surface area contributed by atoms with Gasteiger partial charge in [-0.25, -0.2) is 9.18 Å². The van der Waals surface area contributed by atoms with E-state index in [-0.39, 0.29) is 23.0 Å². The number of halogens is 2. The average molecular weight is 348 g/mol. The van der Waals surface area contributed by atoms with Crippen LogP contribution < -0.4 is 4.90 Å². The lowest BCUT2D eigenvalue weighted by atomic mass is 9.98. The highest BCUT2D eigenvalue weighted by atomic mass is 35.5. The molecule has 0 atom stereocenters. The smallest absolute Gasteiger partial charge is 0.337 e. The van der Waals surface area contributed by atoms with Gasteiger partial charge < -0.3 is 9.64 Å². The number of benzene rings is 2. The van der Waals surface area contributed by atoms with Crippen LogP contribution in [0.25, 0.3) is 0 Å². The van der Waals surface area contributed by atoms with Gasteiger partial charge in [0.2, 0.25) is 5.91 Å². The maximum absolute atomic E-state index is 14.1. The number of esters is 1. The minimum Gasteiger partial charge on any atom is -0.465 e. The molecule has 0 radical (unpaired) electrons. The van der Waals surface area contributed by atoms with E-state index < -0.39 is 11.8 Å². The summed E-state index contributed by atoms with van der Waals surface area (Å²) in [5.74, 6) is -1.09. The summed E-state index contributed by atoms with van der Waals surface area (Å²) < 4.78 is 18.8. The predicted octanol–water partition coefficient (Wildman–Crippen LogP) is 3.75. The molecular weight excluding hydrogens is 333 g/mol. The second-order valence-corrected chi connectivity index (χ2v) is 5.92. The standard InChI is InChI=1S/C18H15ClFNO3/c1-24-18(23)12-6-5-11-7-8-17(22)21(16(11)9-12)10-13-14(19)3-2-4-15(13)20/h2-6,9H,7-8,10H2,1H3. The van der Waals surface area contributed by atoms with Gasteiger partial charge >= 0.3 is 5.97 Å².